The second-order valence-corrected chi connectivity index (χ2v) is 10.2. The Morgan fingerprint density at radius 3 is 2.12 bits per heavy atom. The van der Waals surface area contributed by atoms with Crippen molar-refractivity contribution in [3.05, 3.63) is 101 Å². The Balaban J connectivity index is 1.52. The summed E-state index contributed by atoms with van der Waals surface area (Å²) in [7, 11) is 0. The number of benzene rings is 2. The summed E-state index contributed by atoms with van der Waals surface area (Å²) in [4.78, 5) is 13.1. The molecular weight excluding hydrogens is 547 g/mol. The Bertz CT molecular complexity index is 1380. The maximum Gasteiger partial charge on any atom is 0.416 e. The van der Waals surface area contributed by atoms with E-state index < -0.39 is 24.3 Å². The zero-order valence-corrected chi connectivity index (χ0v) is 23.6. The molecule has 6 nitrogen and oxygen atoms in total. The van der Waals surface area contributed by atoms with Crippen molar-refractivity contribution in [1.82, 2.24) is 4.90 Å². The molecule has 1 N–H and O–H groups in total. The molecule has 2 aromatic carbocycles. The van der Waals surface area contributed by atoms with Gasteiger partial charge in [0.15, 0.2) is 6.61 Å². The molecule has 0 saturated carbocycles. The van der Waals surface area contributed by atoms with Gasteiger partial charge in [-0.15, -0.1) is 0 Å². The smallest absolute Gasteiger partial charge is 0.416 e. The zero-order valence-electron chi connectivity index (χ0n) is 23.6. The van der Waals surface area contributed by atoms with E-state index in [2.05, 4.69) is 16.7 Å². The van der Waals surface area contributed by atoms with E-state index in [1.807, 2.05) is 44.2 Å². The lowest BCUT2D eigenvalue weighted by molar-refractivity contribution is -0.141. The minimum absolute atomic E-state index is 0.0583. The minimum Gasteiger partial charge on any atom is -0.494 e. The minimum atomic E-state index is -4.42. The summed E-state index contributed by atoms with van der Waals surface area (Å²) in [5.41, 5.74) is 2.31. The highest BCUT2D eigenvalue weighted by atomic mass is 19.4. The number of morpholine rings is 1. The molecule has 2 aromatic rings. The third-order valence-electron chi connectivity index (χ3n) is 7.32. The van der Waals surface area contributed by atoms with Gasteiger partial charge in [-0.3, -0.25) is 4.90 Å². The van der Waals surface area contributed by atoms with Gasteiger partial charge in [-0.2, -0.15) is 13.2 Å². The maximum absolute atomic E-state index is 13.2. The Morgan fingerprint density at radius 1 is 0.976 bits per heavy atom. The second kappa shape index (κ2) is 14.3. The second-order valence-electron chi connectivity index (χ2n) is 10.2. The van der Waals surface area contributed by atoms with E-state index in [-0.39, 0.29) is 18.4 Å². The summed E-state index contributed by atoms with van der Waals surface area (Å²) in [6.45, 7) is 7.48. The van der Waals surface area contributed by atoms with Crippen LogP contribution in [0.15, 0.2) is 78.3 Å². The molecule has 0 aromatic heterocycles. The van der Waals surface area contributed by atoms with Crippen molar-refractivity contribution in [2.45, 2.75) is 20.0 Å². The molecule has 0 radical (unpaired) electrons. The third-order valence-corrected chi connectivity index (χ3v) is 7.32. The Morgan fingerprint density at radius 2 is 1.55 bits per heavy atom. The zero-order chi connectivity index (χ0) is 30.1. The largest absolute Gasteiger partial charge is 0.494 e. The molecule has 1 aliphatic heterocycles. The van der Waals surface area contributed by atoms with Crippen molar-refractivity contribution in [3.63, 3.8) is 0 Å². The molecule has 42 heavy (non-hydrogen) atoms. The van der Waals surface area contributed by atoms with Gasteiger partial charge in [0.05, 0.1) is 25.3 Å². The van der Waals surface area contributed by atoms with E-state index in [9.17, 15) is 18.0 Å². The lowest BCUT2D eigenvalue weighted by Crippen LogP contribution is -2.36. The molecule has 2 aliphatic rings. The van der Waals surface area contributed by atoms with E-state index in [1.54, 1.807) is 12.2 Å². The SMILES string of the molecule is CC1C(OC/C=C(\c2ccc(C#CCN3CCOCC3)cc2)c2ccc(C(F)(F)F)cc2)=CC=C(OCC(=O)O)C1C. The van der Waals surface area contributed by atoms with E-state index in [1.165, 1.54) is 12.1 Å². The molecule has 2 unspecified atom stereocenters. The monoisotopic (exact) mass is 581 g/mol. The van der Waals surface area contributed by atoms with Gasteiger partial charge in [-0.25, -0.2) is 4.79 Å². The van der Waals surface area contributed by atoms with Crippen molar-refractivity contribution in [3.8, 4) is 11.8 Å². The Hall–Kier alpha value is -4.00. The molecule has 1 fully saturated rings. The van der Waals surface area contributed by atoms with E-state index in [4.69, 9.17) is 19.3 Å². The number of carboxylic acid groups (broad SMARTS) is 1. The quantitative estimate of drug-likeness (QED) is 0.367. The normalized spacial score (nSPS) is 19.7. The van der Waals surface area contributed by atoms with Crippen molar-refractivity contribution in [2.24, 2.45) is 11.8 Å². The van der Waals surface area contributed by atoms with Gasteiger partial charge < -0.3 is 19.3 Å². The van der Waals surface area contributed by atoms with E-state index in [0.717, 1.165) is 41.9 Å². The van der Waals surface area contributed by atoms with Crippen LogP contribution >= 0.6 is 0 Å². The van der Waals surface area contributed by atoms with Gasteiger partial charge in [0.1, 0.15) is 18.1 Å². The fraction of sp³-hybridized carbons (Fsp3) is 0.364. The lowest BCUT2D eigenvalue weighted by atomic mass is 9.88. The van der Waals surface area contributed by atoms with Crippen LogP contribution in [0.2, 0.25) is 0 Å². The number of nitrogens with zero attached hydrogens (tertiary/aromatic N) is 1. The molecule has 4 rings (SSSR count). The predicted octanol–water partition coefficient (Wildman–Crippen LogP) is 5.99. The summed E-state index contributed by atoms with van der Waals surface area (Å²) < 4.78 is 56.4. The van der Waals surface area contributed by atoms with Crippen LogP contribution < -0.4 is 0 Å². The van der Waals surface area contributed by atoms with Gasteiger partial charge >= 0.3 is 12.1 Å². The van der Waals surface area contributed by atoms with Crippen LogP contribution in [-0.2, 0) is 25.2 Å². The number of ether oxygens (including phenoxy) is 3. The molecule has 1 aliphatic carbocycles. The molecule has 2 atom stereocenters. The highest BCUT2D eigenvalue weighted by Gasteiger charge is 2.30. The molecule has 1 saturated heterocycles. The van der Waals surface area contributed by atoms with Gasteiger partial charge in [-0.05, 0) is 59.2 Å². The average Bonchev–Trinajstić information content (AvgIpc) is 2.97. The highest BCUT2D eigenvalue weighted by Crippen LogP contribution is 2.34. The van der Waals surface area contributed by atoms with E-state index >= 15 is 0 Å². The number of carbonyl (C=O) groups is 1. The molecule has 1 heterocycles. The van der Waals surface area contributed by atoms with Crippen LogP contribution in [0.4, 0.5) is 13.2 Å². The third kappa shape index (κ3) is 8.51. The number of aliphatic carboxylic acids is 1. The fourth-order valence-electron chi connectivity index (χ4n) is 4.67. The number of rotatable bonds is 9. The molecule has 0 spiro atoms. The fourth-order valence-corrected chi connectivity index (χ4v) is 4.67. The molecule has 0 bridgehead atoms. The van der Waals surface area contributed by atoms with Crippen molar-refractivity contribution in [1.29, 1.82) is 0 Å². The topological polar surface area (TPSA) is 68.2 Å². The molecular formula is C33H34F3NO5. The Labute approximate surface area is 244 Å². The van der Waals surface area contributed by atoms with Crippen molar-refractivity contribution < 1.29 is 37.3 Å². The average molecular weight is 582 g/mol. The number of allylic oxidation sites excluding steroid dienone is 4. The van der Waals surface area contributed by atoms with Gasteiger partial charge in [-0.1, -0.05) is 50.0 Å². The van der Waals surface area contributed by atoms with Gasteiger partial charge in [0.25, 0.3) is 0 Å². The number of hydrogen-bond donors (Lipinski definition) is 1. The first-order valence-corrected chi connectivity index (χ1v) is 13.8. The predicted molar refractivity (Wildman–Crippen MR) is 153 cm³/mol. The molecule has 222 valence electrons. The summed E-state index contributed by atoms with van der Waals surface area (Å²) in [5, 5.41) is 8.90. The number of alkyl halides is 3. The van der Waals surface area contributed by atoms with Crippen LogP contribution in [0, 0.1) is 23.7 Å². The first kappa shape index (κ1) is 30.9. The summed E-state index contributed by atoms with van der Waals surface area (Å²) >= 11 is 0. The number of hydrogen-bond acceptors (Lipinski definition) is 5. The van der Waals surface area contributed by atoms with Crippen molar-refractivity contribution >= 4 is 11.5 Å². The van der Waals surface area contributed by atoms with Crippen LogP contribution in [0.3, 0.4) is 0 Å². The summed E-state index contributed by atoms with van der Waals surface area (Å²) in [5.74, 6) is 6.47. The van der Waals surface area contributed by atoms with Crippen LogP contribution in [0.25, 0.3) is 5.57 Å². The lowest BCUT2D eigenvalue weighted by Gasteiger charge is -2.28. The highest BCUT2D eigenvalue weighted by molar-refractivity contribution is 5.80. The summed E-state index contributed by atoms with van der Waals surface area (Å²) in [6.07, 6.45) is 0.897. The Kier molecular flexibility index (Phi) is 10.5. The van der Waals surface area contributed by atoms with Crippen LogP contribution in [-0.4, -0.2) is 62.0 Å². The summed E-state index contributed by atoms with van der Waals surface area (Å²) in [6, 6.07) is 12.7. The number of halogens is 3. The van der Waals surface area contributed by atoms with Crippen LogP contribution in [0.1, 0.15) is 36.1 Å². The van der Waals surface area contributed by atoms with Gasteiger partial charge in [0, 0.05) is 30.5 Å². The molecule has 0 amide bonds. The van der Waals surface area contributed by atoms with E-state index in [0.29, 0.717) is 36.8 Å². The molecule has 9 heteroatoms. The maximum atomic E-state index is 13.2. The van der Waals surface area contributed by atoms with Crippen molar-refractivity contribution in [2.75, 3.05) is 46.1 Å². The first-order chi connectivity index (χ1) is 20.1. The standard InChI is InChI=1S/C33H34F3NO5/c1-23-24(2)31(42-22-32(38)39)14-13-30(23)41-19-15-29(27-9-11-28(12-10-27)33(34,35)36)26-7-5-25(6-8-26)4-3-16-37-17-20-40-21-18-37/h5-15,23-24H,16-22H2,1-2H3,(H,38,39)/b29-15+. The first-order valence-electron chi connectivity index (χ1n) is 13.8. The van der Waals surface area contributed by atoms with Gasteiger partial charge in [0.2, 0.25) is 0 Å². The van der Waals surface area contributed by atoms with Crippen LogP contribution in [0.5, 0.6) is 0 Å². The number of carboxylic acids is 1.